The van der Waals surface area contributed by atoms with Crippen molar-refractivity contribution in [2.24, 2.45) is 0 Å². The number of nitrogens with zero attached hydrogens (tertiary/aromatic N) is 1. The Morgan fingerprint density at radius 1 is 0.852 bits per heavy atom. The Bertz CT molecular complexity index is 1030. The van der Waals surface area contributed by atoms with Gasteiger partial charge in [-0.25, -0.2) is 0 Å². The van der Waals surface area contributed by atoms with Gasteiger partial charge in [0.05, 0.1) is 5.70 Å². The zero-order valence-electron chi connectivity index (χ0n) is 14.9. The molecule has 4 rings (SSSR count). The van der Waals surface area contributed by atoms with Crippen molar-refractivity contribution in [2.45, 2.75) is 6.92 Å². The Balaban J connectivity index is 1.82. The van der Waals surface area contributed by atoms with Crippen LogP contribution in [0.25, 0.3) is 11.8 Å². The van der Waals surface area contributed by atoms with Crippen molar-refractivity contribution in [3.8, 4) is 0 Å². The van der Waals surface area contributed by atoms with Crippen molar-refractivity contribution in [3.63, 3.8) is 0 Å². The first kappa shape index (κ1) is 17.3. The maximum Gasteiger partial charge on any atom is 0.262 e. The monoisotopic (exact) mass is 371 g/mol. The van der Waals surface area contributed by atoms with Gasteiger partial charge in [0.25, 0.3) is 5.91 Å². The summed E-state index contributed by atoms with van der Waals surface area (Å²) in [5.41, 5.74) is 5.46. The summed E-state index contributed by atoms with van der Waals surface area (Å²) in [5.74, 6) is -0.0346. The highest BCUT2D eigenvalue weighted by atomic mass is 35.5. The maximum absolute atomic E-state index is 13.2. The van der Waals surface area contributed by atoms with Gasteiger partial charge in [-0.15, -0.1) is 0 Å². The first-order chi connectivity index (χ1) is 13.1. The van der Waals surface area contributed by atoms with E-state index < -0.39 is 0 Å². The van der Waals surface area contributed by atoms with Crippen LogP contribution in [0.15, 0.2) is 90.5 Å². The molecule has 0 radical (unpaired) electrons. The molecule has 2 nitrogen and oxygen atoms in total. The van der Waals surface area contributed by atoms with E-state index >= 15 is 0 Å². The number of halogens is 1. The van der Waals surface area contributed by atoms with E-state index in [2.05, 4.69) is 0 Å². The molecule has 1 heterocycles. The standard InChI is InChI=1S/C24H18ClNO/c1-17-7-13-22(14-8-17)26-23(19-9-11-21(25)12-10-19)16-20(24(26)27)15-18-5-3-2-4-6-18/h2-16H,1H3/b20-15+. The summed E-state index contributed by atoms with van der Waals surface area (Å²) in [4.78, 5) is 15.0. The zero-order valence-corrected chi connectivity index (χ0v) is 15.6. The van der Waals surface area contributed by atoms with Crippen LogP contribution in [0.1, 0.15) is 16.7 Å². The van der Waals surface area contributed by atoms with Crippen LogP contribution in [0.5, 0.6) is 0 Å². The first-order valence-corrected chi connectivity index (χ1v) is 9.15. The van der Waals surface area contributed by atoms with Crippen molar-refractivity contribution >= 4 is 35.0 Å². The summed E-state index contributed by atoms with van der Waals surface area (Å²) in [6.07, 6.45) is 3.87. The number of rotatable bonds is 3. The zero-order chi connectivity index (χ0) is 18.8. The van der Waals surface area contributed by atoms with Gasteiger partial charge in [0, 0.05) is 16.3 Å². The number of carbonyl (C=O) groups excluding carboxylic acids is 1. The molecule has 0 unspecified atom stereocenters. The van der Waals surface area contributed by atoms with E-state index in [1.165, 1.54) is 0 Å². The van der Waals surface area contributed by atoms with E-state index in [0.29, 0.717) is 10.6 Å². The van der Waals surface area contributed by atoms with Gasteiger partial charge in [-0.2, -0.15) is 0 Å². The highest BCUT2D eigenvalue weighted by Crippen LogP contribution is 2.35. The van der Waals surface area contributed by atoms with Gasteiger partial charge < -0.3 is 0 Å². The van der Waals surface area contributed by atoms with Gasteiger partial charge in [-0.05, 0) is 54.5 Å². The van der Waals surface area contributed by atoms with Crippen LogP contribution < -0.4 is 4.90 Å². The van der Waals surface area contributed by atoms with Gasteiger partial charge in [0.2, 0.25) is 0 Å². The normalized spacial score (nSPS) is 15.3. The van der Waals surface area contributed by atoms with Crippen molar-refractivity contribution in [1.29, 1.82) is 0 Å². The molecule has 27 heavy (non-hydrogen) atoms. The van der Waals surface area contributed by atoms with Gasteiger partial charge in [0.15, 0.2) is 0 Å². The molecule has 3 aromatic carbocycles. The lowest BCUT2D eigenvalue weighted by Gasteiger charge is -2.21. The number of hydrogen-bond acceptors (Lipinski definition) is 1. The van der Waals surface area contributed by atoms with Gasteiger partial charge in [0.1, 0.15) is 0 Å². The van der Waals surface area contributed by atoms with Crippen LogP contribution in [-0.4, -0.2) is 5.91 Å². The smallest absolute Gasteiger partial charge is 0.262 e. The second kappa shape index (κ2) is 7.26. The highest BCUT2D eigenvalue weighted by Gasteiger charge is 2.30. The minimum absolute atomic E-state index is 0.0346. The van der Waals surface area contributed by atoms with Crippen LogP contribution >= 0.6 is 11.6 Å². The minimum atomic E-state index is -0.0346. The molecular weight excluding hydrogens is 354 g/mol. The number of hydrogen-bond donors (Lipinski definition) is 0. The molecule has 1 aliphatic heterocycles. The molecule has 0 atom stereocenters. The summed E-state index contributed by atoms with van der Waals surface area (Å²) in [6.45, 7) is 2.03. The summed E-state index contributed by atoms with van der Waals surface area (Å²) in [5, 5.41) is 0.672. The summed E-state index contributed by atoms with van der Waals surface area (Å²) >= 11 is 6.04. The highest BCUT2D eigenvalue weighted by molar-refractivity contribution is 6.30. The third kappa shape index (κ3) is 3.57. The fourth-order valence-corrected chi connectivity index (χ4v) is 3.25. The fraction of sp³-hybridized carbons (Fsp3) is 0.0417. The Morgan fingerprint density at radius 3 is 2.19 bits per heavy atom. The Labute approximate surface area is 164 Å². The molecule has 3 aromatic rings. The largest absolute Gasteiger partial charge is 0.276 e. The average molecular weight is 372 g/mol. The molecule has 0 aliphatic carbocycles. The second-order valence-corrected chi connectivity index (χ2v) is 6.96. The molecule has 1 aliphatic rings. The summed E-state index contributed by atoms with van der Waals surface area (Å²) < 4.78 is 0. The molecule has 132 valence electrons. The first-order valence-electron chi connectivity index (χ1n) is 8.77. The lowest BCUT2D eigenvalue weighted by atomic mass is 10.1. The lowest BCUT2D eigenvalue weighted by molar-refractivity contribution is -0.113. The van der Waals surface area contributed by atoms with Crippen molar-refractivity contribution in [2.75, 3.05) is 4.90 Å². The van der Waals surface area contributed by atoms with E-state index in [0.717, 1.165) is 28.1 Å². The van der Waals surface area contributed by atoms with Crippen LogP contribution in [0.3, 0.4) is 0 Å². The maximum atomic E-state index is 13.2. The Morgan fingerprint density at radius 2 is 1.52 bits per heavy atom. The molecule has 3 heteroatoms. The van der Waals surface area contributed by atoms with Crippen molar-refractivity contribution in [3.05, 3.63) is 112 Å². The Hall–Kier alpha value is -3.10. The van der Waals surface area contributed by atoms with E-state index in [-0.39, 0.29) is 5.91 Å². The summed E-state index contributed by atoms with van der Waals surface area (Å²) in [7, 11) is 0. The molecule has 1 amide bonds. The van der Waals surface area contributed by atoms with Crippen LogP contribution in [0.2, 0.25) is 5.02 Å². The predicted octanol–water partition coefficient (Wildman–Crippen LogP) is 6.12. The molecule has 0 saturated carbocycles. The number of anilines is 1. The van der Waals surface area contributed by atoms with Crippen LogP contribution in [-0.2, 0) is 4.79 Å². The third-order valence-electron chi connectivity index (χ3n) is 4.54. The van der Waals surface area contributed by atoms with Crippen molar-refractivity contribution in [1.82, 2.24) is 0 Å². The quantitative estimate of drug-likeness (QED) is 0.508. The molecule has 0 saturated heterocycles. The molecule has 0 bridgehead atoms. The molecule has 0 N–H and O–H groups in total. The number of benzene rings is 3. The third-order valence-corrected chi connectivity index (χ3v) is 4.79. The number of carbonyl (C=O) groups is 1. The van der Waals surface area contributed by atoms with Crippen molar-refractivity contribution < 1.29 is 4.79 Å². The molecule has 0 fully saturated rings. The van der Waals surface area contributed by atoms with Gasteiger partial charge >= 0.3 is 0 Å². The topological polar surface area (TPSA) is 20.3 Å². The fourth-order valence-electron chi connectivity index (χ4n) is 3.13. The predicted molar refractivity (Wildman–Crippen MR) is 113 cm³/mol. The van der Waals surface area contributed by atoms with Gasteiger partial charge in [-0.3, -0.25) is 9.69 Å². The lowest BCUT2D eigenvalue weighted by Crippen LogP contribution is -2.24. The number of amides is 1. The molecular formula is C24H18ClNO. The van der Waals surface area contributed by atoms with E-state index in [1.807, 2.05) is 97.9 Å². The molecule has 0 spiro atoms. The van der Waals surface area contributed by atoms with E-state index in [4.69, 9.17) is 11.6 Å². The van der Waals surface area contributed by atoms with Gasteiger partial charge in [-0.1, -0.05) is 71.8 Å². The van der Waals surface area contributed by atoms with E-state index in [1.54, 1.807) is 4.90 Å². The van der Waals surface area contributed by atoms with Crippen LogP contribution in [0.4, 0.5) is 5.69 Å². The van der Waals surface area contributed by atoms with Crippen LogP contribution in [0, 0.1) is 6.92 Å². The summed E-state index contributed by atoms with van der Waals surface area (Å²) in [6, 6.07) is 25.4. The SMILES string of the molecule is Cc1ccc(N2C(=O)/C(=C/c3ccccc3)C=C2c2ccc(Cl)cc2)cc1. The molecule has 0 aromatic heterocycles. The average Bonchev–Trinajstić information content (AvgIpc) is 3.00. The second-order valence-electron chi connectivity index (χ2n) is 6.52. The minimum Gasteiger partial charge on any atom is -0.276 e. The Kier molecular flexibility index (Phi) is 4.66. The number of aryl methyl sites for hydroxylation is 1. The van der Waals surface area contributed by atoms with E-state index in [9.17, 15) is 4.79 Å².